The van der Waals surface area contributed by atoms with E-state index in [1.807, 2.05) is 0 Å². The van der Waals surface area contributed by atoms with Crippen LogP contribution in [0, 0.1) is 0 Å². The number of nitrogen functional groups attached to an aromatic ring is 1. The largest absolute Gasteiger partial charge is 0.438 e. The van der Waals surface area contributed by atoms with E-state index in [1.54, 1.807) is 24.3 Å². The average Bonchev–Trinajstić information content (AvgIpc) is 3.28. The number of ether oxygens (including phenoxy) is 1. The van der Waals surface area contributed by atoms with Crippen LogP contribution in [0.25, 0.3) is 10.9 Å². The molecule has 4 rings (SSSR count). The molecule has 0 atom stereocenters. The molecule has 2 aromatic heterocycles. The molecule has 10 heteroatoms. The molecule has 1 aliphatic rings. The summed E-state index contributed by atoms with van der Waals surface area (Å²) in [7, 11) is -3.81. The molecule has 0 amide bonds. The highest BCUT2D eigenvalue weighted by molar-refractivity contribution is 7.89. The Balaban J connectivity index is 1.68. The van der Waals surface area contributed by atoms with Crippen LogP contribution in [0.4, 0.5) is 5.82 Å². The van der Waals surface area contributed by atoms with Gasteiger partial charge in [0.25, 0.3) is 10.0 Å². The number of hydrogen-bond acceptors (Lipinski definition) is 7. The fraction of sp³-hybridized carbons (Fsp3) is 0.250. The number of nitrogens with zero attached hydrogens (tertiary/aromatic N) is 3. The number of fused-ring (bicyclic) bond motifs is 1. The van der Waals surface area contributed by atoms with Gasteiger partial charge in [-0.2, -0.15) is 8.99 Å². The van der Waals surface area contributed by atoms with Crippen molar-refractivity contribution < 1.29 is 22.4 Å². The maximum atomic E-state index is 12.7. The highest BCUT2D eigenvalue weighted by Gasteiger charge is 2.30. The lowest BCUT2D eigenvalue weighted by molar-refractivity contribution is 0.0722. The van der Waals surface area contributed by atoms with Crippen LogP contribution in [0.1, 0.15) is 10.6 Å². The zero-order valence-electron chi connectivity index (χ0n) is 13.7. The number of anilines is 1. The lowest BCUT2D eigenvalue weighted by Crippen LogP contribution is -2.40. The van der Waals surface area contributed by atoms with Crippen molar-refractivity contribution >= 4 is 32.7 Å². The number of sulfonamides is 1. The Morgan fingerprint density at radius 1 is 1.12 bits per heavy atom. The van der Waals surface area contributed by atoms with Gasteiger partial charge in [-0.05, 0) is 24.3 Å². The number of hydrogen-bond donors (Lipinski definition) is 1. The number of nitrogens with two attached hydrogens (primary N) is 1. The van der Waals surface area contributed by atoms with Gasteiger partial charge < -0.3 is 14.9 Å². The molecule has 0 aliphatic carbocycles. The van der Waals surface area contributed by atoms with Gasteiger partial charge in [-0.15, -0.1) is 5.10 Å². The lowest BCUT2D eigenvalue weighted by atomic mass is 10.2. The normalized spacial score (nSPS) is 16.2. The Labute approximate surface area is 149 Å². The summed E-state index contributed by atoms with van der Waals surface area (Å²) in [6, 6.07) is 9.58. The van der Waals surface area contributed by atoms with Crippen LogP contribution in [-0.2, 0) is 14.8 Å². The number of benzene rings is 1. The van der Waals surface area contributed by atoms with Crippen molar-refractivity contribution in [2.24, 2.45) is 0 Å². The van der Waals surface area contributed by atoms with Crippen molar-refractivity contribution in [2.75, 3.05) is 32.0 Å². The summed E-state index contributed by atoms with van der Waals surface area (Å²) >= 11 is 0. The van der Waals surface area contributed by atoms with Crippen LogP contribution in [-0.4, -0.2) is 54.7 Å². The van der Waals surface area contributed by atoms with Gasteiger partial charge in [0, 0.05) is 18.5 Å². The molecular formula is C16H16N4O5S. The highest BCUT2D eigenvalue weighted by Crippen LogP contribution is 2.24. The smallest absolute Gasteiger partial charge is 0.314 e. The molecule has 0 saturated carbocycles. The van der Waals surface area contributed by atoms with Gasteiger partial charge in [-0.3, -0.25) is 4.79 Å². The maximum absolute atomic E-state index is 12.7. The van der Waals surface area contributed by atoms with Crippen LogP contribution in [0.15, 0.2) is 45.9 Å². The van der Waals surface area contributed by atoms with E-state index in [9.17, 15) is 13.2 Å². The molecule has 1 fully saturated rings. The molecule has 0 unspecified atom stereocenters. The van der Waals surface area contributed by atoms with Crippen LogP contribution in [0.3, 0.4) is 0 Å². The Kier molecular flexibility index (Phi) is 4.02. The number of rotatable bonds is 3. The molecule has 2 N–H and O–H groups in total. The van der Waals surface area contributed by atoms with Crippen molar-refractivity contribution in [3.05, 3.63) is 42.2 Å². The molecule has 26 heavy (non-hydrogen) atoms. The van der Waals surface area contributed by atoms with E-state index in [0.29, 0.717) is 24.1 Å². The number of morpholine rings is 1. The van der Waals surface area contributed by atoms with Crippen molar-refractivity contribution in [1.29, 1.82) is 0 Å². The Bertz CT molecular complexity index is 1080. The number of carbonyl (C=O) groups is 1. The van der Waals surface area contributed by atoms with Crippen LogP contribution >= 0.6 is 0 Å². The highest BCUT2D eigenvalue weighted by atomic mass is 32.2. The number of furan rings is 1. The zero-order chi connectivity index (χ0) is 18.3. The monoisotopic (exact) mass is 376 g/mol. The maximum Gasteiger partial charge on any atom is 0.314 e. The number of aromatic nitrogens is 2. The van der Waals surface area contributed by atoms with Gasteiger partial charge in [0.15, 0.2) is 11.6 Å². The zero-order valence-corrected chi connectivity index (χ0v) is 14.5. The molecule has 3 heterocycles. The van der Waals surface area contributed by atoms with Gasteiger partial charge in [-0.1, -0.05) is 12.1 Å². The lowest BCUT2D eigenvalue weighted by Gasteiger charge is -2.24. The van der Waals surface area contributed by atoms with E-state index in [2.05, 4.69) is 5.10 Å². The summed E-state index contributed by atoms with van der Waals surface area (Å²) in [5.41, 5.74) is 6.35. The molecule has 136 valence electrons. The first kappa shape index (κ1) is 16.8. The first-order valence-corrected chi connectivity index (χ1v) is 9.38. The first-order valence-electron chi connectivity index (χ1n) is 7.94. The van der Waals surface area contributed by atoms with E-state index in [1.165, 1.54) is 16.4 Å². The topological polar surface area (TPSA) is 121 Å². The second kappa shape index (κ2) is 6.24. The molecule has 3 aromatic rings. The van der Waals surface area contributed by atoms with E-state index >= 15 is 0 Å². The van der Waals surface area contributed by atoms with Gasteiger partial charge in [0.1, 0.15) is 0 Å². The van der Waals surface area contributed by atoms with Gasteiger partial charge in [0.2, 0.25) is 5.09 Å². The second-order valence-corrected chi connectivity index (χ2v) is 7.62. The third-order valence-electron chi connectivity index (χ3n) is 4.16. The first-order chi connectivity index (χ1) is 12.5. The fourth-order valence-electron chi connectivity index (χ4n) is 2.84. The van der Waals surface area contributed by atoms with Crippen molar-refractivity contribution in [3.63, 3.8) is 0 Å². The summed E-state index contributed by atoms with van der Waals surface area (Å²) < 4.78 is 38.1. The number of carbonyl (C=O) groups excluding carboxylic acids is 1. The molecular weight excluding hydrogens is 360 g/mol. The predicted octanol–water partition coefficient (Wildman–Crippen LogP) is 0.921. The quantitative estimate of drug-likeness (QED) is 0.721. The SMILES string of the molecule is Nc1nn(C(=O)c2ccc(S(=O)(=O)N3CCOCC3)o2)c2ccccc12. The Hall–Kier alpha value is -2.69. The van der Waals surface area contributed by atoms with Crippen molar-refractivity contribution in [2.45, 2.75) is 5.09 Å². The molecule has 1 saturated heterocycles. The molecule has 0 bridgehead atoms. The Morgan fingerprint density at radius 3 is 2.62 bits per heavy atom. The molecule has 9 nitrogen and oxygen atoms in total. The van der Waals surface area contributed by atoms with Crippen LogP contribution < -0.4 is 5.73 Å². The van der Waals surface area contributed by atoms with E-state index < -0.39 is 15.9 Å². The minimum Gasteiger partial charge on any atom is -0.438 e. The summed E-state index contributed by atoms with van der Waals surface area (Å²) in [4.78, 5) is 12.7. The third-order valence-corrected chi connectivity index (χ3v) is 5.94. The van der Waals surface area contributed by atoms with Crippen molar-refractivity contribution in [1.82, 2.24) is 14.1 Å². The van der Waals surface area contributed by atoms with E-state index in [0.717, 1.165) is 4.68 Å². The summed E-state index contributed by atoms with van der Waals surface area (Å²) in [5.74, 6) is -0.520. The van der Waals surface area contributed by atoms with Gasteiger partial charge in [-0.25, -0.2) is 8.42 Å². The van der Waals surface area contributed by atoms with Gasteiger partial charge >= 0.3 is 5.91 Å². The summed E-state index contributed by atoms with van der Waals surface area (Å²) in [5, 5.41) is 4.38. The molecule has 0 spiro atoms. The second-order valence-electron chi connectivity index (χ2n) is 5.75. The average molecular weight is 376 g/mol. The van der Waals surface area contributed by atoms with Crippen LogP contribution in [0.2, 0.25) is 0 Å². The molecule has 0 radical (unpaired) electrons. The predicted molar refractivity (Wildman–Crippen MR) is 92.2 cm³/mol. The molecule has 1 aliphatic heterocycles. The summed E-state index contributed by atoms with van der Waals surface area (Å²) in [6.45, 7) is 1.13. The van der Waals surface area contributed by atoms with E-state index in [4.69, 9.17) is 14.9 Å². The van der Waals surface area contributed by atoms with Crippen molar-refractivity contribution in [3.8, 4) is 0 Å². The summed E-state index contributed by atoms with van der Waals surface area (Å²) in [6.07, 6.45) is 0. The van der Waals surface area contributed by atoms with Crippen LogP contribution in [0.5, 0.6) is 0 Å². The standard InChI is InChI=1S/C16H16N4O5S/c17-15-11-3-1-2-4-12(11)20(18-15)16(21)13-5-6-14(25-13)26(22,23)19-7-9-24-10-8-19/h1-6H,7-10H2,(H2,17,18). The minimum absolute atomic E-state index is 0.134. The third kappa shape index (κ3) is 2.68. The van der Waals surface area contributed by atoms with Gasteiger partial charge in [0.05, 0.1) is 18.7 Å². The van der Waals surface area contributed by atoms with E-state index in [-0.39, 0.29) is 29.8 Å². The number of para-hydroxylation sites is 1. The molecule has 1 aromatic carbocycles. The Morgan fingerprint density at radius 2 is 1.85 bits per heavy atom. The minimum atomic E-state index is -3.81. The fourth-order valence-corrected chi connectivity index (χ4v) is 4.16.